The first-order valence-corrected chi connectivity index (χ1v) is 12.1. The van der Waals surface area contributed by atoms with E-state index in [0.717, 1.165) is 0 Å². The fourth-order valence-electron chi connectivity index (χ4n) is 6.04. The molecule has 8 aromatic rings. The Labute approximate surface area is 202 Å². The maximum atomic E-state index is 2.44. The average molecular weight is 447 g/mol. The number of para-hydroxylation sites is 2. The summed E-state index contributed by atoms with van der Waals surface area (Å²) in [7, 11) is 0. The molecular weight excluding hydrogens is 424 g/mol. The van der Waals surface area contributed by atoms with Crippen molar-refractivity contribution in [2.24, 2.45) is 0 Å². The Bertz CT molecular complexity index is 2040. The number of aromatic nitrogens is 2. The molecular formula is C33H22N2. The number of benzene rings is 6. The van der Waals surface area contributed by atoms with Gasteiger partial charge in [-0.15, -0.1) is 0 Å². The van der Waals surface area contributed by atoms with Gasteiger partial charge < -0.3 is 9.13 Å². The number of aryl methyl sites for hydroxylation is 1. The minimum absolute atomic E-state index is 1.18. The highest BCUT2D eigenvalue weighted by Crippen LogP contribution is 2.45. The SMILES string of the molecule is Cc1ccc(-n2c3cccc4ccc5c6c7ccccc7n(-c7ccccc7)c6cc2c5c43)cc1. The summed E-state index contributed by atoms with van der Waals surface area (Å²) in [6.45, 7) is 2.14. The van der Waals surface area contributed by atoms with Crippen molar-refractivity contribution in [3.05, 3.63) is 121 Å². The molecule has 0 fully saturated rings. The largest absolute Gasteiger partial charge is 0.309 e. The van der Waals surface area contributed by atoms with E-state index >= 15 is 0 Å². The van der Waals surface area contributed by atoms with Gasteiger partial charge in [0.25, 0.3) is 0 Å². The highest BCUT2D eigenvalue weighted by Gasteiger charge is 2.22. The summed E-state index contributed by atoms with van der Waals surface area (Å²) < 4.78 is 4.86. The van der Waals surface area contributed by atoms with Gasteiger partial charge >= 0.3 is 0 Å². The van der Waals surface area contributed by atoms with Crippen LogP contribution in [0.2, 0.25) is 0 Å². The zero-order chi connectivity index (χ0) is 23.1. The van der Waals surface area contributed by atoms with Gasteiger partial charge in [0.15, 0.2) is 0 Å². The third kappa shape index (κ3) is 2.43. The molecule has 0 atom stereocenters. The second-order valence-corrected chi connectivity index (χ2v) is 9.51. The van der Waals surface area contributed by atoms with E-state index in [9.17, 15) is 0 Å². The fraction of sp³-hybridized carbons (Fsp3) is 0.0303. The van der Waals surface area contributed by atoms with Gasteiger partial charge in [-0.05, 0) is 60.2 Å². The average Bonchev–Trinajstić information content (AvgIpc) is 3.42. The molecule has 0 saturated heterocycles. The molecule has 0 radical (unpaired) electrons. The molecule has 2 heterocycles. The van der Waals surface area contributed by atoms with E-state index in [4.69, 9.17) is 0 Å². The lowest BCUT2D eigenvalue weighted by molar-refractivity contribution is 1.16. The van der Waals surface area contributed by atoms with Crippen molar-refractivity contribution >= 4 is 54.4 Å². The summed E-state index contributed by atoms with van der Waals surface area (Å²) in [5.41, 5.74) is 8.64. The van der Waals surface area contributed by atoms with E-state index in [2.05, 4.69) is 131 Å². The first kappa shape index (κ1) is 18.8. The van der Waals surface area contributed by atoms with Crippen LogP contribution in [0.4, 0.5) is 0 Å². The Morgan fingerprint density at radius 3 is 1.97 bits per heavy atom. The van der Waals surface area contributed by atoms with E-state index in [1.54, 1.807) is 0 Å². The lowest BCUT2D eigenvalue weighted by Gasteiger charge is -2.11. The van der Waals surface area contributed by atoms with Crippen molar-refractivity contribution in [3.8, 4) is 11.4 Å². The highest BCUT2D eigenvalue weighted by atomic mass is 15.0. The Morgan fingerprint density at radius 2 is 1.11 bits per heavy atom. The number of nitrogens with zero attached hydrogens (tertiary/aromatic N) is 2. The second kappa shape index (κ2) is 6.74. The molecule has 0 saturated carbocycles. The molecule has 8 rings (SSSR count). The molecule has 0 aliphatic heterocycles. The number of fused-ring (bicyclic) bond motifs is 4. The van der Waals surface area contributed by atoms with Crippen LogP contribution in [0.3, 0.4) is 0 Å². The molecule has 0 spiro atoms. The molecule has 0 aliphatic carbocycles. The third-order valence-electron chi connectivity index (χ3n) is 7.52. The minimum Gasteiger partial charge on any atom is -0.309 e. The molecule has 2 nitrogen and oxygen atoms in total. The van der Waals surface area contributed by atoms with Crippen LogP contribution < -0.4 is 0 Å². The molecule has 0 unspecified atom stereocenters. The zero-order valence-electron chi connectivity index (χ0n) is 19.4. The van der Waals surface area contributed by atoms with Crippen LogP contribution in [0.25, 0.3) is 65.8 Å². The van der Waals surface area contributed by atoms with Gasteiger partial charge in [-0.2, -0.15) is 0 Å². The maximum absolute atomic E-state index is 2.44. The predicted molar refractivity (Wildman–Crippen MR) is 149 cm³/mol. The van der Waals surface area contributed by atoms with Crippen molar-refractivity contribution in [1.29, 1.82) is 0 Å². The molecule has 0 bridgehead atoms. The van der Waals surface area contributed by atoms with Gasteiger partial charge in [0.05, 0.1) is 22.1 Å². The molecule has 35 heavy (non-hydrogen) atoms. The van der Waals surface area contributed by atoms with Crippen LogP contribution in [0.1, 0.15) is 5.56 Å². The smallest absolute Gasteiger partial charge is 0.0568 e. The normalized spacial score (nSPS) is 12.1. The van der Waals surface area contributed by atoms with Gasteiger partial charge in [0.2, 0.25) is 0 Å². The summed E-state index contributed by atoms with van der Waals surface area (Å²) in [4.78, 5) is 0. The fourth-order valence-corrected chi connectivity index (χ4v) is 6.04. The predicted octanol–water partition coefficient (Wildman–Crippen LogP) is 8.78. The van der Waals surface area contributed by atoms with Crippen molar-refractivity contribution in [1.82, 2.24) is 9.13 Å². The first-order chi connectivity index (χ1) is 17.3. The number of rotatable bonds is 2. The Hall–Kier alpha value is -4.56. The molecule has 6 aromatic carbocycles. The molecule has 0 N–H and O–H groups in total. The number of hydrogen-bond donors (Lipinski definition) is 0. The maximum Gasteiger partial charge on any atom is 0.0568 e. The summed E-state index contributed by atoms with van der Waals surface area (Å²) >= 11 is 0. The van der Waals surface area contributed by atoms with Crippen LogP contribution in [0.15, 0.2) is 115 Å². The molecule has 0 aliphatic rings. The van der Waals surface area contributed by atoms with Crippen LogP contribution in [0, 0.1) is 6.92 Å². The zero-order valence-corrected chi connectivity index (χ0v) is 19.4. The lowest BCUT2D eigenvalue weighted by Crippen LogP contribution is -1.95. The molecule has 2 aromatic heterocycles. The van der Waals surface area contributed by atoms with Crippen LogP contribution in [-0.4, -0.2) is 9.13 Å². The van der Waals surface area contributed by atoms with Crippen molar-refractivity contribution in [3.63, 3.8) is 0 Å². The van der Waals surface area contributed by atoms with E-state index in [1.165, 1.54) is 71.3 Å². The molecule has 2 heteroatoms. The van der Waals surface area contributed by atoms with Crippen molar-refractivity contribution < 1.29 is 0 Å². The summed E-state index contributed by atoms with van der Waals surface area (Å²) in [5, 5.41) is 7.92. The summed E-state index contributed by atoms with van der Waals surface area (Å²) in [6, 6.07) is 42.1. The van der Waals surface area contributed by atoms with E-state index in [0.29, 0.717) is 0 Å². The second-order valence-electron chi connectivity index (χ2n) is 9.51. The van der Waals surface area contributed by atoms with Crippen LogP contribution in [0.5, 0.6) is 0 Å². The third-order valence-corrected chi connectivity index (χ3v) is 7.52. The Kier molecular flexibility index (Phi) is 3.62. The summed E-state index contributed by atoms with van der Waals surface area (Å²) in [5.74, 6) is 0. The topological polar surface area (TPSA) is 9.86 Å². The van der Waals surface area contributed by atoms with Crippen LogP contribution in [-0.2, 0) is 0 Å². The number of hydrogen-bond acceptors (Lipinski definition) is 0. The minimum atomic E-state index is 1.18. The van der Waals surface area contributed by atoms with Crippen molar-refractivity contribution in [2.45, 2.75) is 6.92 Å². The highest BCUT2D eigenvalue weighted by molar-refractivity contribution is 6.33. The van der Waals surface area contributed by atoms with Gasteiger partial charge in [-0.1, -0.05) is 78.4 Å². The Morgan fingerprint density at radius 1 is 0.429 bits per heavy atom. The summed E-state index contributed by atoms with van der Waals surface area (Å²) in [6.07, 6.45) is 0. The lowest BCUT2D eigenvalue weighted by atomic mass is 9.98. The van der Waals surface area contributed by atoms with Crippen LogP contribution >= 0.6 is 0 Å². The molecule has 0 amide bonds. The van der Waals surface area contributed by atoms with E-state index in [-0.39, 0.29) is 0 Å². The monoisotopic (exact) mass is 446 g/mol. The van der Waals surface area contributed by atoms with Gasteiger partial charge in [0.1, 0.15) is 0 Å². The van der Waals surface area contributed by atoms with Gasteiger partial charge in [-0.3, -0.25) is 0 Å². The first-order valence-electron chi connectivity index (χ1n) is 12.1. The molecule has 164 valence electrons. The Balaban J connectivity index is 1.66. The standard InChI is InChI=1S/C33H22N2/c1-21-14-17-24(18-15-21)35-28-13-7-8-22-16-19-26-32-25-11-5-6-12-27(25)34(23-9-3-2-4-10-23)29(32)20-30(35)33(26)31(22)28/h2-20H,1H3. The van der Waals surface area contributed by atoms with Gasteiger partial charge in [-0.25, -0.2) is 0 Å². The van der Waals surface area contributed by atoms with E-state index < -0.39 is 0 Å². The van der Waals surface area contributed by atoms with Crippen molar-refractivity contribution in [2.75, 3.05) is 0 Å². The van der Waals surface area contributed by atoms with Gasteiger partial charge in [0, 0.05) is 32.9 Å². The quantitative estimate of drug-likeness (QED) is 0.235. The van der Waals surface area contributed by atoms with E-state index in [1.807, 2.05) is 0 Å².